The lowest BCUT2D eigenvalue weighted by molar-refractivity contribution is -0.385. The number of benzene rings is 2. The van der Waals surface area contributed by atoms with Crippen molar-refractivity contribution in [1.82, 2.24) is 5.32 Å². The van der Waals surface area contributed by atoms with Gasteiger partial charge in [0.25, 0.3) is 5.69 Å². The Morgan fingerprint density at radius 1 is 1.12 bits per heavy atom. The summed E-state index contributed by atoms with van der Waals surface area (Å²) >= 11 is 0. The minimum absolute atomic E-state index is 0.0624. The average Bonchev–Trinajstić information content (AvgIpc) is 2.76. The number of rotatable bonds is 5. The SMILES string of the molecule is CC1=C(C(=O)OCc2ccccc2)[C@@H](c2ccccc2[N+](=O)[O-])C2=C(CC(C)(C)CC2=O)N1. The van der Waals surface area contributed by atoms with Crippen molar-refractivity contribution in [2.75, 3.05) is 0 Å². The molecule has 0 bridgehead atoms. The topological polar surface area (TPSA) is 98.5 Å². The molecule has 7 heteroatoms. The second kappa shape index (κ2) is 8.65. The van der Waals surface area contributed by atoms with E-state index in [1.54, 1.807) is 25.1 Å². The van der Waals surface area contributed by atoms with Crippen LogP contribution in [0.5, 0.6) is 0 Å². The van der Waals surface area contributed by atoms with E-state index < -0.39 is 16.8 Å². The van der Waals surface area contributed by atoms with Gasteiger partial charge in [0.2, 0.25) is 0 Å². The highest BCUT2D eigenvalue weighted by atomic mass is 16.6. The van der Waals surface area contributed by atoms with Crippen LogP contribution in [-0.4, -0.2) is 16.7 Å². The number of hydrogen-bond donors (Lipinski definition) is 1. The molecule has 0 fully saturated rings. The standard InChI is InChI=1S/C26H26N2O5/c1-16-22(25(30)33-15-17-9-5-4-6-10-17)23(18-11-7-8-12-20(18)28(31)32)24-19(27-16)13-26(2,3)14-21(24)29/h4-12,23,27H,13-15H2,1-3H3/t23-/m1/s1. The zero-order valence-electron chi connectivity index (χ0n) is 18.9. The highest BCUT2D eigenvalue weighted by Crippen LogP contribution is 2.48. The second-order valence-electron chi connectivity index (χ2n) is 9.31. The Kier molecular flexibility index (Phi) is 5.89. The number of allylic oxidation sites excluding steroid dienone is 3. The number of esters is 1. The fraction of sp³-hybridized carbons (Fsp3) is 0.308. The molecule has 1 aliphatic heterocycles. The monoisotopic (exact) mass is 446 g/mol. The molecule has 7 nitrogen and oxygen atoms in total. The lowest BCUT2D eigenvalue weighted by Crippen LogP contribution is -2.38. The van der Waals surface area contributed by atoms with E-state index in [1.807, 2.05) is 44.2 Å². The molecule has 1 heterocycles. The number of carbonyl (C=O) groups excluding carboxylic acids is 2. The van der Waals surface area contributed by atoms with Crippen molar-refractivity contribution in [1.29, 1.82) is 0 Å². The summed E-state index contributed by atoms with van der Waals surface area (Å²) in [5.41, 5.74) is 2.67. The Morgan fingerprint density at radius 2 is 1.79 bits per heavy atom. The number of nitro groups is 1. The number of para-hydroxylation sites is 1. The summed E-state index contributed by atoms with van der Waals surface area (Å²) in [7, 11) is 0. The van der Waals surface area contributed by atoms with Crippen LogP contribution in [0, 0.1) is 15.5 Å². The molecule has 2 aromatic rings. The highest BCUT2D eigenvalue weighted by molar-refractivity contribution is 6.04. The molecule has 2 aromatic carbocycles. The maximum Gasteiger partial charge on any atom is 0.337 e. The van der Waals surface area contributed by atoms with Gasteiger partial charge in [0, 0.05) is 35.0 Å². The maximum absolute atomic E-state index is 13.3. The summed E-state index contributed by atoms with van der Waals surface area (Å²) in [5, 5.41) is 15.1. The first-order valence-corrected chi connectivity index (χ1v) is 10.9. The summed E-state index contributed by atoms with van der Waals surface area (Å²) in [6.07, 6.45) is 0.908. The van der Waals surface area contributed by atoms with Crippen LogP contribution < -0.4 is 5.32 Å². The van der Waals surface area contributed by atoms with Crippen LogP contribution in [0.25, 0.3) is 0 Å². The van der Waals surface area contributed by atoms with Crippen molar-refractivity contribution in [2.24, 2.45) is 5.41 Å². The van der Waals surface area contributed by atoms with E-state index >= 15 is 0 Å². The Bertz CT molecular complexity index is 1190. The lowest BCUT2D eigenvalue weighted by atomic mass is 9.68. The summed E-state index contributed by atoms with van der Waals surface area (Å²) in [5.74, 6) is -1.58. The number of nitrogens with zero attached hydrogens (tertiary/aromatic N) is 1. The predicted molar refractivity (Wildman–Crippen MR) is 123 cm³/mol. The van der Waals surface area contributed by atoms with Gasteiger partial charge in [0.05, 0.1) is 16.4 Å². The second-order valence-corrected chi connectivity index (χ2v) is 9.31. The molecule has 0 unspecified atom stereocenters. The van der Waals surface area contributed by atoms with E-state index in [-0.39, 0.29) is 29.1 Å². The molecule has 0 saturated heterocycles. The van der Waals surface area contributed by atoms with Crippen molar-refractivity contribution in [3.8, 4) is 0 Å². The Labute approximate surface area is 192 Å². The summed E-state index contributed by atoms with van der Waals surface area (Å²) in [6, 6.07) is 15.6. The molecule has 0 saturated carbocycles. The zero-order valence-corrected chi connectivity index (χ0v) is 18.9. The van der Waals surface area contributed by atoms with E-state index in [0.717, 1.165) is 11.3 Å². The number of ether oxygens (including phenoxy) is 1. The maximum atomic E-state index is 13.3. The highest BCUT2D eigenvalue weighted by Gasteiger charge is 2.44. The fourth-order valence-electron chi connectivity index (χ4n) is 4.72. The van der Waals surface area contributed by atoms with Gasteiger partial charge < -0.3 is 10.1 Å². The molecule has 0 spiro atoms. The first-order chi connectivity index (χ1) is 15.7. The Hall–Kier alpha value is -3.74. The molecule has 2 aliphatic rings. The minimum Gasteiger partial charge on any atom is -0.457 e. The molecular weight excluding hydrogens is 420 g/mol. The van der Waals surface area contributed by atoms with E-state index in [2.05, 4.69) is 5.32 Å². The van der Waals surface area contributed by atoms with Gasteiger partial charge >= 0.3 is 5.97 Å². The Balaban J connectivity index is 1.81. The van der Waals surface area contributed by atoms with Crippen LogP contribution in [0.1, 0.15) is 50.7 Å². The van der Waals surface area contributed by atoms with Gasteiger partial charge in [0.15, 0.2) is 5.78 Å². The first-order valence-electron chi connectivity index (χ1n) is 10.9. The number of dihydropyridines is 1. The molecule has 1 aliphatic carbocycles. The molecule has 1 N–H and O–H groups in total. The summed E-state index contributed by atoms with van der Waals surface area (Å²) < 4.78 is 5.61. The largest absolute Gasteiger partial charge is 0.457 e. The third kappa shape index (κ3) is 4.44. The molecule has 4 rings (SSSR count). The van der Waals surface area contributed by atoms with Crippen LogP contribution in [-0.2, 0) is 20.9 Å². The Morgan fingerprint density at radius 3 is 2.48 bits per heavy atom. The van der Waals surface area contributed by atoms with Gasteiger partial charge in [-0.1, -0.05) is 62.4 Å². The summed E-state index contributed by atoms with van der Waals surface area (Å²) in [4.78, 5) is 38.0. The van der Waals surface area contributed by atoms with E-state index in [0.29, 0.717) is 29.7 Å². The molecule has 0 amide bonds. The average molecular weight is 447 g/mol. The van der Waals surface area contributed by atoms with Gasteiger partial charge in [-0.05, 0) is 24.3 Å². The van der Waals surface area contributed by atoms with Crippen molar-refractivity contribution < 1.29 is 19.2 Å². The number of carbonyl (C=O) groups is 2. The van der Waals surface area contributed by atoms with Crippen LogP contribution >= 0.6 is 0 Å². The van der Waals surface area contributed by atoms with Crippen LogP contribution in [0.2, 0.25) is 0 Å². The van der Waals surface area contributed by atoms with Crippen molar-refractivity contribution in [2.45, 2.75) is 46.1 Å². The van der Waals surface area contributed by atoms with E-state index in [1.165, 1.54) is 6.07 Å². The zero-order chi connectivity index (χ0) is 23.8. The lowest BCUT2D eigenvalue weighted by Gasteiger charge is -2.39. The number of nitro benzene ring substituents is 1. The molecule has 170 valence electrons. The number of nitrogens with one attached hydrogen (secondary N) is 1. The number of Topliss-reactive ketones (excluding diaryl/α,β-unsaturated/α-hetero) is 1. The van der Waals surface area contributed by atoms with Crippen LogP contribution in [0.15, 0.2) is 77.1 Å². The van der Waals surface area contributed by atoms with Gasteiger partial charge in [-0.3, -0.25) is 14.9 Å². The van der Waals surface area contributed by atoms with Gasteiger partial charge in [0.1, 0.15) is 6.61 Å². The molecule has 1 atom stereocenters. The van der Waals surface area contributed by atoms with E-state index in [4.69, 9.17) is 4.74 Å². The first kappa shape index (κ1) is 22.5. The third-order valence-corrected chi connectivity index (χ3v) is 6.12. The van der Waals surface area contributed by atoms with Crippen molar-refractivity contribution in [3.05, 3.63) is 98.4 Å². The van der Waals surface area contributed by atoms with Gasteiger partial charge in [-0.15, -0.1) is 0 Å². The number of ketones is 1. The van der Waals surface area contributed by atoms with E-state index in [9.17, 15) is 19.7 Å². The normalized spacial score (nSPS) is 19.6. The summed E-state index contributed by atoms with van der Waals surface area (Å²) in [6.45, 7) is 5.84. The third-order valence-electron chi connectivity index (χ3n) is 6.12. The molecular formula is C26H26N2O5. The van der Waals surface area contributed by atoms with Gasteiger partial charge in [-0.2, -0.15) is 0 Å². The van der Waals surface area contributed by atoms with Crippen molar-refractivity contribution >= 4 is 17.4 Å². The minimum atomic E-state index is -0.866. The van der Waals surface area contributed by atoms with Gasteiger partial charge in [-0.25, -0.2) is 4.79 Å². The predicted octanol–water partition coefficient (Wildman–Crippen LogP) is 4.94. The van der Waals surface area contributed by atoms with Crippen LogP contribution in [0.4, 0.5) is 5.69 Å². The fourth-order valence-corrected chi connectivity index (χ4v) is 4.72. The number of hydrogen-bond acceptors (Lipinski definition) is 6. The molecule has 0 aromatic heterocycles. The smallest absolute Gasteiger partial charge is 0.337 e. The molecule has 33 heavy (non-hydrogen) atoms. The quantitative estimate of drug-likeness (QED) is 0.397. The van der Waals surface area contributed by atoms with Crippen LogP contribution in [0.3, 0.4) is 0 Å². The molecule has 0 radical (unpaired) electrons. The van der Waals surface area contributed by atoms with Crippen molar-refractivity contribution in [3.63, 3.8) is 0 Å².